The van der Waals surface area contributed by atoms with Gasteiger partial charge in [0.05, 0.1) is 0 Å². The summed E-state index contributed by atoms with van der Waals surface area (Å²) in [5.41, 5.74) is 0.282. The fourth-order valence-corrected chi connectivity index (χ4v) is 1.78. The molecule has 0 aliphatic rings. The third kappa shape index (κ3) is 2.66. The molecule has 116 valence electrons. The molecule has 0 fully saturated rings. The van der Waals surface area contributed by atoms with Crippen molar-refractivity contribution in [2.75, 3.05) is 5.32 Å². The first kappa shape index (κ1) is 15.9. The Balaban J connectivity index is 2.42. The van der Waals surface area contributed by atoms with Crippen molar-refractivity contribution in [2.45, 2.75) is 13.8 Å². The van der Waals surface area contributed by atoms with Crippen molar-refractivity contribution in [3.63, 3.8) is 0 Å². The van der Waals surface area contributed by atoms with Gasteiger partial charge >= 0.3 is 0 Å². The average Bonchev–Trinajstić information content (AvgIpc) is 2.50. The van der Waals surface area contributed by atoms with Crippen LogP contribution in [0.25, 0.3) is 0 Å². The summed E-state index contributed by atoms with van der Waals surface area (Å²) >= 11 is 0. The van der Waals surface area contributed by atoms with Gasteiger partial charge in [-0.3, -0.25) is 4.79 Å². The molecule has 0 saturated heterocycles. The molecule has 0 bridgehead atoms. The van der Waals surface area contributed by atoms with Gasteiger partial charge in [-0.05, 0) is 37.1 Å². The molecule has 0 heterocycles. The molecule has 0 unspecified atom stereocenters. The lowest BCUT2D eigenvalue weighted by atomic mass is 10.1. The number of hydrogen-bond donors (Lipinski definition) is 1. The molecule has 2 nitrogen and oxygen atoms in total. The summed E-state index contributed by atoms with van der Waals surface area (Å²) in [6.07, 6.45) is 0. The SMILES string of the molecule is Cc1ccc(C(=O)Nc2c(F)c(F)c(F)c(F)c2F)cc1C. The van der Waals surface area contributed by atoms with Crippen LogP contribution in [0.4, 0.5) is 27.6 Å². The molecule has 7 heteroatoms. The van der Waals surface area contributed by atoms with Gasteiger partial charge in [-0.15, -0.1) is 0 Å². The number of amides is 1. The summed E-state index contributed by atoms with van der Waals surface area (Å²) in [5.74, 6) is -11.7. The summed E-state index contributed by atoms with van der Waals surface area (Å²) in [5, 5.41) is 1.71. The minimum atomic E-state index is -2.28. The Morgan fingerprint density at radius 2 is 1.32 bits per heavy atom. The smallest absolute Gasteiger partial charge is 0.255 e. The van der Waals surface area contributed by atoms with Gasteiger partial charge in [0, 0.05) is 5.56 Å². The highest BCUT2D eigenvalue weighted by Crippen LogP contribution is 2.27. The molecule has 2 aromatic carbocycles. The first-order chi connectivity index (χ1) is 10.2. The zero-order valence-corrected chi connectivity index (χ0v) is 11.5. The highest BCUT2D eigenvalue weighted by molar-refractivity contribution is 6.04. The van der Waals surface area contributed by atoms with Crippen molar-refractivity contribution in [1.82, 2.24) is 0 Å². The molecule has 2 rings (SSSR count). The number of anilines is 1. The summed E-state index contributed by atoms with van der Waals surface area (Å²) in [6, 6.07) is 4.42. The highest BCUT2D eigenvalue weighted by atomic mass is 19.2. The molecule has 1 amide bonds. The van der Waals surface area contributed by atoms with Crippen molar-refractivity contribution < 1.29 is 26.7 Å². The minimum absolute atomic E-state index is 0.0343. The first-order valence-corrected chi connectivity index (χ1v) is 6.14. The van der Waals surface area contributed by atoms with E-state index >= 15 is 0 Å². The normalized spacial score (nSPS) is 10.7. The zero-order chi connectivity index (χ0) is 16.6. The van der Waals surface area contributed by atoms with E-state index in [2.05, 4.69) is 0 Å². The van der Waals surface area contributed by atoms with Gasteiger partial charge in [0.1, 0.15) is 5.69 Å². The quantitative estimate of drug-likeness (QED) is 0.501. The summed E-state index contributed by atoms with van der Waals surface area (Å²) in [7, 11) is 0. The maximum Gasteiger partial charge on any atom is 0.255 e. The molecule has 0 aromatic heterocycles. The summed E-state index contributed by atoms with van der Waals surface area (Å²) in [6.45, 7) is 3.51. The van der Waals surface area contributed by atoms with Gasteiger partial charge in [0.25, 0.3) is 5.91 Å². The maximum absolute atomic E-state index is 13.5. The molecule has 0 aliphatic carbocycles. The van der Waals surface area contributed by atoms with Gasteiger partial charge in [-0.25, -0.2) is 22.0 Å². The van der Waals surface area contributed by atoms with Crippen LogP contribution in [0, 0.1) is 42.9 Å². The van der Waals surface area contributed by atoms with Crippen molar-refractivity contribution in [3.8, 4) is 0 Å². The van der Waals surface area contributed by atoms with Crippen LogP contribution in [0.3, 0.4) is 0 Å². The van der Waals surface area contributed by atoms with Gasteiger partial charge < -0.3 is 5.32 Å². The fourth-order valence-electron chi connectivity index (χ4n) is 1.78. The first-order valence-electron chi connectivity index (χ1n) is 6.14. The predicted octanol–water partition coefficient (Wildman–Crippen LogP) is 4.25. The van der Waals surface area contributed by atoms with Crippen LogP contribution in [-0.4, -0.2) is 5.91 Å². The number of benzene rings is 2. The molecule has 2 aromatic rings. The largest absolute Gasteiger partial charge is 0.317 e. The number of carbonyl (C=O) groups is 1. The van der Waals surface area contributed by atoms with Crippen molar-refractivity contribution in [3.05, 3.63) is 64.0 Å². The zero-order valence-electron chi connectivity index (χ0n) is 11.5. The second-order valence-electron chi connectivity index (χ2n) is 4.70. The van der Waals surface area contributed by atoms with E-state index in [-0.39, 0.29) is 5.56 Å². The van der Waals surface area contributed by atoms with Gasteiger partial charge in [0.2, 0.25) is 5.82 Å². The van der Waals surface area contributed by atoms with Crippen molar-refractivity contribution >= 4 is 11.6 Å². The number of rotatable bonds is 2. The van der Waals surface area contributed by atoms with Crippen LogP contribution in [-0.2, 0) is 0 Å². The van der Waals surface area contributed by atoms with Crippen LogP contribution in [0.2, 0.25) is 0 Å². The van der Waals surface area contributed by atoms with E-state index in [1.807, 2.05) is 0 Å². The Kier molecular flexibility index (Phi) is 4.16. The van der Waals surface area contributed by atoms with E-state index < -0.39 is 40.7 Å². The van der Waals surface area contributed by atoms with E-state index in [9.17, 15) is 26.7 Å². The second kappa shape index (κ2) is 5.75. The van der Waals surface area contributed by atoms with Crippen LogP contribution in [0.5, 0.6) is 0 Å². The van der Waals surface area contributed by atoms with Crippen molar-refractivity contribution in [2.24, 2.45) is 0 Å². The molecule has 0 aliphatic heterocycles. The third-order valence-electron chi connectivity index (χ3n) is 3.22. The lowest BCUT2D eigenvalue weighted by Gasteiger charge is -2.10. The number of hydrogen-bond acceptors (Lipinski definition) is 1. The molecule has 0 saturated carbocycles. The van der Waals surface area contributed by atoms with Gasteiger partial charge in [0.15, 0.2) is 23.3 Å². The third-order valence-corrected chi connectivity index (χ3v) is 3.22. The van der Waals surface area contributed by atoms with E-state index in [1.54, 1.807) is 25.2 Å². The molecular formula is C15H10F5NO. The number of carbonyl (C=O) groups excluding carboxylic acids is 1. The van der Waals surface area contributed by atoms with Gasteiger partial charge in [-0.2, -0.15) is 0 Å². The summed E-state index contributed by atoms with van der Waals surface area (Å²) in [4.78, 5) is 11.9. The molecule has 1 N–H and O–H groups in total. The highest BCUT2D eigenvalue weighted by Gasteiger charge is 2.27. The van der Waals surface area contributed by atoms with Gasteiger partial charge in [-0.1, -0.05) is 6.07 Å². The van der Waals surface area contributed by atoms with Crippen LogP contribution in [0.15, 0.2) is 18.2 Å². The Morgan fingerprint density at radius 1 is 0.818 bits per heavy atom. The Labute approximate surface area is 122 Å². The lowest BCUT2D eigenvalue weighted by Crippen LogP contribution is -2.17. The standard InChI is InChI=1S/C15H10F5NO/c1-6-3-4-8(5-7(6)2)15(22)21-14-12(19)10(17)9(16)11(18)13(14)20/h3-5H,1-2H3,(H,21,22). The van der Waals surface area contributed by atoms with Crippen LogP contribution < -0.4 is 5.32 Å². The topological polar surface area (TPSA) is 29.1 Å². The Hall–Kier alpha value is -2.44. The molecule has 0 radical (unpaired) electrons. The molecular weight excluding hydrogens is 305 g/mol. The van der Waals surface area contributed by atoms with E-state index in [4.69, 9.17) is 0 Å². The molecule has 0 spiro atoms. The Bertz CT molecular complexity index is 744. The predicted molar refractivity (Wildman–Crippen MR) is 70.1 cm³/mol. The molecule has 22 heavy (non-hydrogen) atoms. The number of halogens is 5. The Morgan fingerprint density at radius 3 is 1.82 bits per heavy atom. The minimum Gasteiger partial charge on any atom is -0.317 e. The summed E-state index contributed by atoms with van der Waals surface area (Å²) < 4.78 is 66.0. The second-order valence-corrected chi connectivity index (χ2v) is 4.70. The van der Waals surface area contributed by atoms with Crippen LogP contribution >= 0.6 is 0 Å². The van der Waals surface area contributed by atoms with E-state index in [0.717, 1.165) is 11.1 Å². The van der Waals surface area contributed by atoms with Crippen LogP contribution in [0.1, 0.15) is 21.5 Å². The maximum atomic E-state index is 13.5. The molecule has 0 atom stereocenters. The number of nitrogens with one attached hydrogen (secondary N) is 1. The lowest BCUT2D eigenvalue weighted by molar-refractivity contribution is 0.102. The fraction of sp³-hybridized carbons (Fsp3) is 0.133. The monoisotopic (exact) mass is 315 g/mol. The van der Waals surface area contributed by atoms with Crippen molar-refractivity contribution in [1.29, 1.82) is 0 Å². The number of aryl methyl sites for hydroxylation is 2. The average molecular weight is 315 g/mol. The van der Waals surface area contributed by atoms with E-state index in [0.29, 0.717) is 0 Å². The van der Waals surface area contributed by atoms with E-state index in [1.165, 1.54) is 12.1 Å².